The van der Waals surface area contributed by atoms with Gasteiger partial charge < -0.3 is 30.3 Å². The predicted molar refractivity (Wildman–Crippen MR) is 122 cm³/mol. The van der Waals surface area contributed by atoms with Gasteiger partial charge in [-0.2, -0.15) is 0 Å². The van der Waals surface area contributed by atoms with E-state index in [1.165, 1.54) is 25.7 Å². The van der Waals surface area contributed by atoms with Crippen molar-refractivity contribution in [3.05, 3.63) is 0 Å². The van der Waals surface area contributed by atoms with Gasteiger partial charge in [0.15, 0.2) is 0 Å². The highest BCUT2D eigenvalue weighted by atomic mass is 16.6. The molecule has 2 fully saturated rings. The van der Waals surface area contributed by atoms with Crippen molar-refractivity contribution in [2.24, 2.45) is 0 Å². The van der Waals surface area contributed by atoms with Crippen molar-refractivity contribution < 1.29 is 33.4 Å². The molecule has 0 aromatic carbocycles. The van der Waals surface area contributed by atoms with Crippen molar-refractivity contribution in [2.45, 2.75) is 109 Å². The van der Waals surface area contributed by atoms with E-state index >= 15 is 0 Å². The Balaban J connectivity index is 2.07. The molecule has 4 amide bonds. The van der Waals surface area contributed by atoms with Crippen LogP contribution in [0.1, 0.15) is 67.7 Å². The van der Waals surface area contributed by atoms with Crippen molar-refractivity contribution in [1.29, 1.82) is 0 Å². The summed E-state index contributed by atoms with van der Waals surface area (Å²) in [4.78, 5) is 64.3. The smallest absolute Gasteiger partial charge is 0.328 e. The highest BCUT2D eigenvalue weighted by Crippen LogP contribution is 2.38. The lowest BCUT2D eigenvalue weighted by molar-refractivity contribution is -0.159. The van der Waals surface area contributed by atoms with E-state index in [2.05, 4.69) is 16.0 Å². The molecule has 0 aliphatic carbocycles. The van der Waals surface area contributed by atoms with Crippen molar-refractivity contribution >= 4 is 29.6 Å². The number of nitrogens with zero attached hydrogens (tertiary/aromatic N) is 1. The topological polar surface area (TPSA) is 143 Å². The molecule has 0 radical (unpaired) electrons. The number of ether oxygens (including phenoxy) is 2. The number of carbonyl (C=O) groups is 5. The first-order valence-corrected chi connectivity index (χ1v) is 11.6. The van der Waals surface area contributed by atoms with Gasteiger partial charge in [0.2, 0.25) is 23.6 Å². The number of hydrogen-bond acceptors (Lipinski definition) is 7. The molecule has 2 heterocycles. The van der Waals surface area contributed by atoms with Crippen LogP contribution in [0.3, 0.4) is 0 Å². The number of esters is 1. The number of nitrogens with one attached hydrogen (secondary N) is 3. The Labute approximate surface area is 200 Å². The van der Waals surface area contributed by atoms with Crippen LogP contribution in [0.2, 0.25) is 0 Å². The van der Waals surface area contributed by atoms with E-state index in [1.807, 2.05) is 0 Å². The molecule has 11 nitrogen and oxygen atoms in total. The van der Waals surface area contributed by atoms with Gasteiger partial charge in [-0.3, -0.25) is 19.2 Å². The minimum absolute atomic E-state index is 0.300. The molecular weight excluding hydrogens is 444 g/mol. The largest absolute Gasteiger partial charge is 0.458 e. The molecule has 0 bridgehead atoms. The van der Waals surface area contributed by atoms with Crippen molar-refractivity contribution in [1.82, 2.24) is 20.9 Å². The summed E-state index contributed by atoms with van der Waals surface area (Å²) in [6, 6.07) is -2.95. The van der Waals surface area contributed by atoms with E-state index in [4.69, 9.17) is 9.47 Å². The Morgan fingerprint density at radius 3 is 2.24 bits per heavy atom. The Kier molecular flexibility index (Phi) is 8.34. The van der Waals surface area contributed by atoms with Gasteiger partial charge in [0.25, 0.3) is 0 Å². The first kappa shape index (κ1) is 27.6. The highest BCUT2D eigenvalue weighted by molar-refractivity contribution is 5.97. The van der Waals surface area contributed by atoms with Crippen LogP contribution in [0.25, 0.3) is 0 Å². The number of rotatable bonds is 7. The van der Waals surface area contributed by atoms with Crippen LogP contribution in [0.4, 0.5) is 0 Å². The second-order valence-corrected chi connectivity index (χ2v) is 10.4. The zero-order valence-corrected chi connectivity index (χ0v) is 21.3. The summed E-state index contributed by atoms with van der Waals surface area (Å²) in [6.07, 6.45) is 0.928. The minimum Gasteiger partial charge on any atom is -0.458 e. The number of fused-ring (bicyclic) bond motifs is 1. The third-order valence-electron chi connectivity index (χ3n) is 6.10. The Morgan fingerprint density at radius 2 is 1.71 bits per heavy atom. The molecule has 2 aliphatic rings. The molecule has 6 atom stereocenters. The van der Waals surface area contributed by atoms with Crippen LogP contribution in [0.15, 0.2) is 0 Å². The fraction of sp³-hybridized carbons (Fsp3) is 0.783. The second-order valence-electron chi connectivity index (χ2n) is 10.4. The third-order valence-corrected chi connectivity index (χ3v) is 6.10. The molecule has 2 saturated heterocycles. The fourth-order valence-electron chi connectivity index (χ4n) is 4.56. The van der Waals surface area contributed by atoms with Gasteiger partial charge in [-0.05, 0) is 54.4 Å². The zero-order valence-electron chi connectivity index (χ0n) is 21.3. The molecule has 11 heteroatoms. The van der Waals surface area contributed by atoms with Crippen molar-refractivity contribution in [3.63, 3.8) is 0 Å². The van der Waals surface area contributed by atoms with E-state index in [0.29, 0.717) is 19.3 Å². The van der Waals surface area contributed by atoms with Gasteiger partial charge in [0.05, 0.1) is 12.1 Å². The molecule has 0 aromatic heterocycles. The summed E-state index contributed by atoms with van der Waals surface area (Å²) in [5.41, 5.74) is -1.89. The molecule has 3 N–H and O–H groups in total. The van der Waals surface area contributed by atoms with Crippen molar-refractivity contribution in [3.8, 4) is 0 Å². The van der Waals surface area contributed by atoms with Crippen molar-refractivity contribution in [2.75, 3.05) is 7.11 Å². The maximum Gasteiger partial charge on any atom is 0.328 e. The summed E-state index contributed by atoms with van der Waals surface area (Å²) in [5.74, 6) is -2.32. The van der Waals surface area contributed by atoms with E-state index in [1.54, 1.807) is 34.8 Å². The van der Waals surface area contributed by atoms with E-state index in [0.717, 1.165) is 0 Å². The van der Waals surface area contributed by atoms with Gasteiger partial charge >= 0.3 is 5.97 Å². The van der Waals surface area contributed by atoms with E-state index < -0.39 is 47.0 Å². The first-order valence-electron chi connectivity index (χ1n) is 11.6. The summed E-state index contributed by atoms with van der Waals surface area (Å²) >= 11 is 0. The zero-order chi connectivity index (χ0) is 26.0. The number of methoxy groups -OCH3 is 1. The highest BCUT2D eigenvalue weighted by Gasteiger charge is 2.55. The lowest BCUT2D eigenvalue weighted by Crippen LogP contribution is -2.69. The van der Waals surface area contributed by atoms with Crippen LogP contribution in [-0.2, 0) is 33.4 Å². The van der Waals surface area contributed by atoms with Crippen LogP contribution >= 0.6 is 0 Å². The van der Waals surface area contributed by atoms with Gasteiger partial charge in [-0.15, -0.1) is 0 Å². The average molecular weight is 483 g/mol. The summed E-state index contributed by atoms with van der Waals surface area (Å²) in [7, 11) is 1.54. The Hall–Kier alpha value is -2.69. The number of carbonyl (C=O) groups excluding carboxylic acids is 5. The van der Waals surface area contributed by atoms with E-state index in [9.17, 15) is 24.0 Å². The molecule has 0 saturated carbocycles. The predicted octanol–water partition coefficient (Wildman–Crippen LogP) is 0.0106. The summed E-state index contributed by atoms with van der Waals surface area (Å²) < 4.78 is 10.8. The maximum atomic E-state index is 13.3. The minimum atomic E-state index is -1.20. The lowest BCUT2D eigenvalue weighted by Gasteiger charge is -2.47. The Bertz CT molecular complexity index is 840. The maximum absolute atomic E-state index is 13.3. The van der Waals surface area contributed by atoms with Crippen LogP contribution < -0.4 is 16.0 Å². The second kappa shape index (κ2) is 10.3. The molecule has 0 aromatic rings. The molecular formula is C23H38N4O7. The quantitative estimate of drug-likeness (QED) is 0.434. The van der Waals surface area contributed by atoms with Crippen LogP contribution in [0.5, 0.6) is 0 Å². The molecule has 34 heavy (non-hydrogen) atoms. The summed E-state index contributed by atoms with van der Waals surface area (Å²) in [6.45, 7) is 11.1. The molecule has 192 valence electrons. The normalized spacial score (nSPS) is 28.4. The molecule has 0 spiro atoms. The molecule has 2 aliphatic heterocycles. The standard InChI is InChI=1S/C23H38N4O7/c1-12(18(29)25-13(2)20(31)34-22(4,5)6)24-19(30)16-10-9-15-17(33-8)11-23(7,26-14(3)28)21(32)27(15)16/h12-13,15-17H,9-11H2,1-8H3,(H,24,30)(H,25,29)(H,26,28)/t12-,13-,15-,16-,17-,23-/m0/s1. The van der Waals surface area contributed by atoms with Crippen LogP contribution in [-0.4, -0.2) is 83.0 Å². The van der Waals surface area contributed by atoms with Gasteiger partial charge in [-0.25, -0.2) is 4.79 Å². The number of amides is 4. The first-order chi connectivity index (χ1) is 15.6. The summed E-state index contributed by atoms with van der Waals surface area (Å²) in [5, 5.41) is 7.88. The number of piperidine rings is 1. The monoisotopic (exact) mass is 482 g/mol. The van der Waals surface area contributed by atoms with Crippen LogP contribution in [0, 0.1) is 0 Å². The molecule has 2 rings (SSSR count). The third kappa shape index (κ3) is 6.25. The van der Waals surface area contributed by atoms with E-state index in [-0.39, 0.29) is 24.0 Å². The fourth-order valence-corrected chi connectivity index (χ4v) is 4.56. The van der Waals surface area contributed by atoms with Gasteiger partial charge in [0, 0.05) is 20.5 Å². The Morgan fingerprint density at radius 1 is 1.09 bits per heavy atom. The average Bonchev–Trinajstić information content (AvgIpc) is 3.14. The lowest BCUT2D eigenvalue weighted by atomic mass is 9.84. The molecule has 0 unspecified atom stereocenters. The number of hydrogen-bond donors (Lipinski definition) is 3. The van der Waals surface area contributed by atoms with Gasteiger partial charge in [0.1, 0.15) is 29.3 Å². The SMILES string of the molecule is CO[C@H]1C[C@](C)(NC(C)=O)C(=O)N2[C@H](C(=O)N[C@@H](C)C(=O)N[C@@H](C)C(=O)OC(C)(C)C)CC[C@@H]12. The van der Waals surface area contributed by atoms with Gasteiger partial charge in [-0.1, -0.05) is 0 Å².